The van der Waals surface area contributed by atoms with Crippen LogP contribution in [0, 0.1) is 5.41 Å². The minimum Gasteiger partial charge on any atom is -0.355 e. The Morgan fingerprint density at radius 2 is 1.92 bits per heavy atom. The second-order valence-corrected chi connectivity index (χ2v) is 7.66. The molecule has 5 nitrogen and oxygen atoms in total. The van der Waals surface area contributed by atoms with Crippen molar-refractivity contribution >= 4 is 11.8 Å². The highest BCUT2D eigenvalue weighted by Crippen LogP contribution is 2.23. The van der Waals surface area contributed by atoms with Gasteiger partial charge in [-0.15, -0.1) is 0 Å². The van der Waals surface area contributed by atoms with E-state index in [1.807, 2.05) is 25.7 Å². The molecule has 0 aromatic heterocycles. The molecule has 1 saturated heterocycles. The highest BCUT2D eigenvalue weighted by atomic mass is 16.2. The highest BCUT2D eigenvalue weighted by molar-refractivity contribution is 5.82. The molecule has 2 rings (SSSR count). The molecule has 1 fully saturated rings. The number of nitrogens with one attached hydrogen (secondary N) is 2. The first-order valence-corrected chi connectivity index (χ1v) is 9.20. The summed E-state index contributed by atoms with van der Waals surface area (Å²) in [6, 6.07) is 8.58. The van der Waals surface area contributed by atoms with Gasteiger partial charge in [-0.05, 0) is 17.5 Å². The van der Waals surface area contributed by atoms with E-state index in [2.05, 4.69) is 41.8 Å². The maximum Gasteiger partial charge on any atom is 0.225 e. The molecule has 0 saturated carbocycles. The molecule has 5 heteroatoms. The van der Waals surface area contributed by atoms with Crippen molar-refractivity contribution < 1.29 is 9.59 Å². The summed E-state index contributed by atoms with van der Waals surface area (Å²) in [7, 11) is 0. The number of aryl methyl sites for hydroxylation is 1. The number of rotatable bonds is 5. The van der Waals surface area contributed by atoms with Gasteiger partial charge >= 0.3 is 0 Å². The van der Waals surface area contributed by atoms with Crippen LogP contribution in [0.15, 0.2) is 24.3 Å². The Morgan fingerprint density at radius 3 is 2.52 bits per heavy atom. The Bertz CT molecular complexity index is 590. The van der Waals surface area contributed by atoms with Gasteiger partial charge in [-0.1, -0.05) is 52.0 Å². The van der Waals surface area contributed by atoms with Gasteiger partial charge in [0.2, 0.25) is 11.8 Å². The lowest BCUT2D eigenvalue weighted by Crippen LogP contribution is -2.49. The van der Waals surface area contributed by atoms with Crippen LogP contribution in [0.5, 0.6) is 0 Å². The smallest absolute Gasteiger partial charge is 0.225 e. The molecule has 0 bridgehead atoms. The van der Waals surface area contributed by atoms with Crippen LogP contribution in [0.2, 0.25) is 0 Å². The fraction of sp³-hybridized carbons (Fsp3) is 0.600. The van der Waals surface area contributed by atoms with Gasteiger partial charge in [0.25, 0.3) is 0 Å². The van der Waals surface area contributed by atoms with Crippen LogP contribution in [-0.2, 0) is 16.0 Å². The van der Waals surface area contributed by atoms with Gasteiger partial charge in [-0.2, -0.15) is 0 Å². The van der Waals surface area contributed by atoms with Crippen molar-refractivity contribution in [2.75, 3.05) is 26.2 Å². The number of hydrogen-bond donors (Lipinski definition) is 2. The molecule has 1 aliphatic heterocycles. The number of piperazine rings is 1. The first-order valence-electron chi connectivity index (χ1n) is 9.20. The molecule has 1 heterocycles. The van der Waals surface area contributed by atoms with Crippen LogP contribution in [-0.4, -0.2) is 42.9 Å². The third-order valence-electron chi connectivity index (χ3n) is 4.64. The van der Waals surface area contributed by atoms with Crippen LogP contribution >= 0.6 is 0 Å². The monoisotopic (exact) mass is 345 g/mol. The Morgan fingerprint density at radius 1 is 1.24 bits per heavy atom. The molecular weight excluding hydrogens is 314 g/mol. The number of benzene rings is 1. The van der Waals surface area contributed by atoms with E-state index >= 15 is 0 Å². The molecule has 1 aromatic carbocycles. The van der Waals surface area contributed by atoms with Gasteiger partial charge < -0.3 is 15.5 Å². The molecule has 138 valence electrons. The fourth-order valence-corrected chi connectivity index (χ4v) is 2.97. The van der Waals surface area contributed by atoms with Crippen molar-refractivity contribution in [2.24, 2.45) is 5.41 Å². The third kappa shape index (κ3) is 5.30. The summed E-state index contributed by atoms with van der Waals surface area (Å²) in [5.74, 6) is 0.0765. The summed E-state index contributed by atoms with van der Waals surface area (Å²) in [6.07, 6.45) is 1.35. The van der Waals surface area contributed by atoms with Crippen LogP contribution < -0.4 is 10.6 Å². The quantitative estimate of drug-likeness (QED) is 0.861. The molecule has 0 radical (unpaired) electrons. The van der Waals surface area contributed by atoms with Crippen molar-refractivity contribution in [1.29, 1.82) is 0 Å². The Labute approximate surface area is 151 Å². The van der Waals surface area contributed by atoms with E-state index in [0.717, 1.165) is 25.1 Å². The van der Waals surface area contributed by atoms with Crippen LogP contribution in [0.3, 0.4) is 0 Å². The average molecular weight is 345 g/mol. The van der Waals surface area contributed by atoms with E-state index in [4.69, 9.17) is 0 Å². The van der Waals surface area contributed by atoms with Gasteiger partial charge in [0.15, 0.2) is 0 Å². The SMILES string of the molecule is CCc1ccc(C2CNCCN2C(=O)CCNC(=O)C(C)(C)C)cc1. The van der Waals surface area contributed by atoms with E-state index in [-0.39, 0.29) is 17.9 Å². The van der Waals surface area contributed by atoms with E-state index in [1.54, 1.807) is 0 Å². The van der Waals surface area contributed by atoms with E-state index in [9.17, 15) is 9.59 Å². The number of carbonyl (C=O) groups excluding carboxylic acids is 2. The number of hydrogen-bond acceptors (Lipinski definition) is 3. The van der Waals surface area contributed by atoms with Crippen LogP contribution in [0.25, 0.3) is 0 Å². The number of carbonyl (C=O) groups is 2. The van der Waals surface area contributed by atoms with E-state index in [1.165, 1.54) is 5.56 Å². The number of nitrogens with zero attached hydrogens (tertiary/aromatic N) is 1. The molecule has 1 aromatic rings. The second kappa shape index (κ2) is 8.48. The minimum atomic E-state index is -0.429. The maximum atomic E-state index is 12.7. The minimum absolute atomic E-state index is 0.0210. The Hall–Kier alpha value is -1.88. The van der Waals surface area contributed by atoms with Gasteiger partial charge in [-0.3, -0.25) is 9.59 Å². The second-order valence-electron chi connectivity index (χ2n) is 7.66. The van der Waals surface area contributed by atoms with Gasteiger partial charge in [0.05, 0.1) is 6.04 Å². The first-order chi connectivity index (χ1) is 11.8. The molecule has 2 N–H and O–H groups in total. The highest BCUT2D eigenvalue weighted by Gasteiger charge is 2.28. The van der Waals surface area contributed by atoms with Crippen LogP contribution in [0.1, 0.15) is 51.3 Å². The van der Waals surface area contributed by atoms with Crippen molar-refractivity contribution in [3.05, 3.63) is 35.4 Å². The van der Waals surface area contributed by atoms with Crippen molar-refractivity contribution in [2.45, 2.75) is 46.6 Å². The zero-order chi connectivity index (χ0) is 18.4. The summed E-state index contributed by atoms with van der Waals surface area (Å²) in [4.78, 5) is 26.6. The first kappa shape index (κ1) is 19.4. The zero-order valence-electron chi connectivity index (χ0n) is 15.9. The van der Waals surface area contributed by atoms with Gasteiger partial charge in [0, 0.05) is 38.0 Å². The fourth-order valence-electron chi connectivity index (χ4n) is 2.97. The summed E-state index contributed by atoms with van der Waals surface area (Å²) in [5, 5.41) is 6.24. The van der Waals surface area contributed by atoms with Gasteiger partial charge in [-0.25, -0.2) is 0 Å². The largest absolute Gasteiger partial charge is 0.355 e. The molecule has 1 aliphatic rings. The summed E-state index contributed by atoms with van der Waals surface area (Å²) < 4.78 is 0. The van der Waals surface area contributed by atoms with Crippen molar-refractivity contribution in [3.63, 3.8) is 0 Å². The molecule has 25 heavy (non-hydrogen) atoms. The average Bonchev–Trinajstić information content (AvgIpc) is 2.60. The lowest BCUT2D eigenvalue weighted by molar-refractivity contribution is -0.134. The maximum absolute atomic E-state index is 12.7. The zero-order valence-corrected chi connectivity index (χ0v) is 15.9. The molecule has 0 aliphatic carbocycles. The molecule has 1 atom stereocenters. The summed E-state index contributed by atoms with van der Waals surface area (Å²) in [5.41, 5.74) is 2.04. The molecular formula is C20H31N3O2. The molecule has 1 unspecified atom stereocenters. The predicted octanol–water partition coefficient (Wildman–Crippen LogP) is 2.27. The van der Waals surface area contributed by atoms with Crippen molar-refractivity contribution in [3.8, 4) is 0 Å². The van der Waals surface area contributed by atoms with E-state index < -0.39 is 5.41 Å². The van der Waals surface area contributed by atoms with Crippen LogP contribution in [0.4, 0.5) is 0 Å². The summed E-state index contributed by atoms with van der Waals surface area (Å²) >= 11 is 0. The molecule has 0 spiro atoms. The predicted molar refractivity (Wildman–Crippen MR) is 100 cm³/mol. The van der Waals surface area contributed by atoms with E-state index in [0.29, 0.717) is 19.5 Å². The van der Waals surface area contributed by atoms with Gasteiger partial charge in [0.1, 0.15) is 0 Å². The lowest BCUT2D eigenvalue weighted by Gasteiger charge is -2.37. The number of amides is 2. The standard InChI is InChI=1S/C20H31N3O2/c1-5-15-6-8-16(9-7-15)17-14-21-12-13-23(17)18(24)10-11-22-19(25)20(2,3)4/h6-9,17,21H,5,10-14H2,1-4H3,(H,22,25). The normalized spacial score (nSPS) is 18.1. The summed E-state index contributed by atoms with van der Waals surface area (Å²) in [6.45, 7) is 10.4. The Kier molecular flexibility index (Phi) is 6.59. The molecule has 2 amide bonds. The lowest BCUT2D eigenvalue weighted by atomic mass is 9.96. The topological polar surface area (TPSA) is 61.4 Å². The van der Waals surface area contributed by atoms with Crippen molar-refractivity contribution in [1.82, 2.24) is 15.5 Å². The third-order valence-corrected chi connectivity index (χ3v) is 4.64. The Balaban J connectivity index is 1.97.